The molecule has 7 heteroatoms. The topological polar surface area (TPSA) is 63.2 Å². The normalized spacial score (nSPS) is 28.0. The first-order valence-corrected chi connectivity index (χ1v) is 14.9. The van der Waals surface area contributed by atoms with Gasteiger partial charge in [0, 0.05) is 25.6 Å². The van der Waals surface area contributed by atoms with Crippen LogP contribution in [-0.4, -0.2) is 57.3 Å². The number of halogens is 1. The Morgan fingerprint density at radius 1 is 1.11 bits per heavy atom. The van der Waals surface area contributed by atoms with E-state index in [1.54, 1.807) is 0 Å². The predicted molar refractivity (Wildman–Crippen MR) is 146 cm³/mol. The van der Waals surface area contributed by atoms with Gasteiger partial charge in [-0.3, -0.25) is 4.79 Å². The largest absolute Gasteiger partial charge is 0.469 e. The van der Waals surface area contributed by atoms with E-state index in [9.17, 15) is 4.79 Å². The Hall–Kier alpha value is -1.54. The molecule has 0 amide bonds. The van der Waals surface area contributed by atoms with E-state index in [1.807, 2.05) is 6.08 Å². The van der Waals surface area contributed by atoms with E-state index in [-0.39, 0.29) is 30.6 Å². The van der Waals surface area contributed by atoms with Gasteiger partial charge in [-0.1, -0.05) is 55.7 Å². The molecular formula is C31H49FO6. The van der Waals surface area contributed by atoms with E-state index in [1.165, 1.54) is 12.7 Å². The third-order valence-electron chi connectivity index (χ3n) is 7.55. The van der Waals surface area contributed by atoms with Crippen molar-refractivity contribution in [3.05, 3.63) is 36.0 Å². The van der Waals surface area contributed by atoms with E-state index in [0.29, 0.717) is 19.4 Å². The highest BCUT2D eigenvalue weighted by Crippen LogP contribution is 2.35. The first-order valence-electron chi connectivity index (χ1n) is 14.9. The molecule has 3 aliphatic rings. The van der Waals surface area contributed by atoms with E-state index in [2.05, 4.69) is 31.2 Å². The minimum absolute atomic E-state index is 0.0302. The summed E-state index contributed by atoms with van der Waals surface area (Å²) in [6.45, 7) is 3.49. The maximum absolute atomic E-state index is 15.3. The molecule has 6 nitrogen and oxygen atoms in total. The van der Waals surface area contributed by atoms with Gasteiger partial charge in [0.15, 0.2) is 12.6 Å². The van der Waals surface area contributed by atoms with Crippen LogP contribution in [0.3, 0.4) is 0 Å². The second-order valence-electron chi connectivity index (χ2n) is 10.6. The number of ether oxygens (including phenoxy) is 5. The number of unbranched alkanes of at least 4 members (excludes halogenated alkanes) is 2. The third kappa shape index (κ3) is 10.9. The van der Waals surface area contributed by atoms with E-state index >= 15 is 4.39 Å². The van der Waals surface area contributed by atoms with Gasteiger partial charge in [0.05, 0.1) is 13.2 Å². The minimum Gasteiger partial charge on any atom is -0.469 e. The number of methoxy groups -OCH3 is 1. The third-order valence-corrected chi connectivity index (χ3v) is 7.55. The van der Waals surface area contributed by atoms with Crippen LogP contribution in [0.4, 0.5) is 4.39 Å². The Balaban J connectivity index is 1.65. The minimum atomic E-state index is -1.07. The van der Waals surface area contributed by atoms with Crippen molar-refractivity contribution in [3.8, 4) is 0 Å². The van der Waals surface area contributed by atoms with Crippen molar-refractivity contribution in [2.75, 3.05) is 20.3 Å². The van der Waals surface area contributed by atoms with Crippen LogP contribution >= 0.6 is 0 Å². The molecular weight excluding hydrogens is 487 g/mol. The van der Waals surface area contributed by atoms with Crippen LogP contribution in [0, 0.1) is 5.92 Å². The molecule has 0 bridgehead atoms. The van der Waals surface area contributed by atoms with Crippen LogP contribution in [0.5, 0.6) is 0 Å². The molecule has 6 atom stereocenters. The van der Waals surface area contributed by atoms with Crippen molar-refractivity contribution >= 4 is 5.97 Å². The summed E-state index contributed by atoms with van der Waals surface area (Å²) in [7, 11) is 1.42. The van der Waals surface area contributed by atoms with Gasteiger partial charge in [-0.25, -0.2) is 4.39 Å². The summed E-state index contributed by atoms with van der Waals surface area (Å²) >= 11 is 0. The molecule has 38 heavy (non-hydrogen) atoms. The first kappa shape index (κ1) is 31.0. The molecule has 2 aliphatic heterocycles. The Morgan fingerprint density at radius 3 is 2.55 bits per heavy atom. The maximum atomic E-state index is 15.3. The lowest BCUT2D eigenvalue weighted by Crippen LogP contribution is -2.33. The summed E-state index contributed by atoms with van der Waals surface area (Å²) in [5.41, 5.74) is 1.27. The molecule has 3 unspecified atom stereocenters. The number of allylic oxidation sites excluding steroid dienone is 2. The van der Waals surface area contributed by atoms with Crippen molar-refractivity contribution in [3.63, 3.8) is 0 Å². The average Bonchev–Trinajstić information content (AvgIpc) is 3.33. The molecule has 0 spiro atoms. The average molecular weight is 537 g/mol. The van der Waals surface area contributed by atoms with Crippen LogP contribution in [0.25, 0.3) is 0 Å². The summed E-state index contributed by atoms with van der Waals surface area (Å²) in [6.07, 6.45) is 20.2. The second kappa shape index (κ2) is 17.9. The van der Waals surface area contributed by atoms with Crippen molar-refractivity contribution in [1.82, 2.24) is 0 Å². The van der Waals surface area contributed by atoms with Gasteiger partial charge in [-0.05, 0) is 70.6 Å². The number of alkyl halides is 1. The Kier molecular flexibility index (Phi) is 14.6. The zero-order chi connectivity index (χ0) is 27.0. The molecule has 1 aliphatic carbocycles. The van der Waals surface area contributed by atoms with Crippen LogP contribution in [0.15, 0.2) is 36.0 Å². The van der Waals surface area contributed by atoms with Crippen molar-refractivity contribution in [1.29, 1.82) is 0 Å². The SMILES string of the molecule is CCCCC(F)[C@@H](/C=C/[C@@H]1C(C/C=C\CCCC(=O)OC)=CC[C@H]1OC1CCCCO1)OC1CCCCO1. The fourth-order valence-electron chi connectivity index (χ4n) is 5.25. The zero-order valence-electron chi connectivity index (χ0n) is 23.5. The van der Waals surface area contributed by atoms with Gasteiger partial charge < -0.3 is 23.7 Å². The van der Waals surface area contributed by atoms with Crippen molar-refractivity contribution < 1.29 is 32.9 Å². The highest BCUT2D eigenvalue weighted by Gasteiger charge is 2.32. The van der Waals surface area contributed by atoms with Gasteiger partial charge >= 0.3 is 5.97 Å². The highest BCUT2D eigenvalue weighted by molar-refractivity contribution is 5.69. The summed E-state index contributed by atoms with van der Waals surface area (Å²) in [4.78, 5) is 11.3. The number of hydrogen-bond donors (Lipinski definition) is 0. The molecule has 0 aromatic heterocycles. The Labute approximate surface area is 228 Å². The van der Waals surface area contributed by atoms with Gasteiger partial charge in [0.25, 0.3) is 0 Å². The van der Waals surface area contributed by atoms with Crippen LogP contribution < -0.4 is 0 Å². The highest BCUT2D eigenvalue weighted by atomic mass is 19.1. The standard InChI is InChI=1S/C31H49FO6/c1-3-4-14-26(32)28(38-31-17-10-12-23-36-31)21-19-25-24(13-7-5-6-8-15-29(33)34-2)18-20-27(25)37-30-16-9-11-22-35-30/h5,7,18-19,21,25-28,30-31H,3-4,6,8-17,20,22-23H2,1-2H3/b7-5-,21-19+/t25-,26?,27-,28-,30?,31?/m1/s1. The lowest BCUT2D eigenvalue weighted by Gasteiger charge is -2.30. The molecule has 0 saturated carbocycles. The smallest absolute Gasteiger partial charge is 0.305 e. The van der Waals surface area contributed by atoms with Crippen LogP contribution in [-0.2, 0) is 28.5 Å². The fourth-order valence-corrected chi connectivity index (χ4v) is 5.25. The summed E-state index contributed by atoms with van der Waals surface area (Å²) in [6, 6.07) is 0. The lowest BCUT2D eigenvalue weighted by atomic mass is 9.94. The van der Waals surface area contributed by atoms with Gasteiger partial charge in [0.2, 0.25) is 0 Å². The van der Waals surface area contributed by atoms with E-state index in [0.717, 1.165) is 83.7 Å². The zero-order valence-corrected chi connectivity index (χ0v) is 23.5. The fraction of sp³-hybridized carbons (Fsp3) is 0.774. The predicted octanol–water partition coefficient (Wildman–Crippen LogP) is 7.13. The number of carbonyl (C=O) groups is 1. The van der Waals surface area contributed by atoms with Crippen LogP contribution in [0.2, 0.25) is 0 Å². The lowest BCUT2D eigenvalue weighted by molar-refractivity contribution is -0.191. The van der Waals surface area contributed by atoms with Gasteiger partial charge in [-0.2, -0.15) is 0 Å². The molecule has 0 radical (unpaired) electrons. The molecule has 2 fully saturated rings. The summed E-state index contributed by atoms with van der Waals surface area (Å²) < 4.78 is 44.2. The van der Waals surface area contributed by atoms with Crippen molar-refractivity contribution in [2.45, 2.75) is 128 Å². The number of carbonyl (C=O) groups excluding carboxylic acids is 1. The second-order valence-corrected chi connectivity index (χ2v) is 10.6. The number of esters is 1. The molecule has 0 aromatic rings. The monoisotopic (exact) mass is 536 g/mol. The first-order chi connectivity index (χ1) is 18.6. The van der Waals surface area contributed by atoms with Crippen LogP contribution in [0.1, 0.15) is 96.8 Å². The van der Waals surface area contributed by atoms with E-state index in [4.69, 9.17) is 23.7 Å². The van der Waals surface area contributed by atoms with E-state index < -0.39 is 12.3 Å². The Morgan fingerprint density at radius 2 is 1.87 bits per heavy atom. The molecule has 216 valence electrons. The molecule has 3 rings (SSSR count). The molecule has 0 N–H and O–H groups in total. The quantitative estimate of drug-likeness (QED) is 0.119. The molecule has 2 heterocycles. The van der Waals surface area contributed by atoms with Crippen molar-refractivity contribution in [2.24, 2.45) is 5.92 Å². The Bertz CT molecular complexity index is 753. The number of rotatable bonds is 16. The summed E-state index contributed by atoms with van der Waals surface area (Å²) in [5, 5.41) is 0. The maximum Gasteiger partial charge on any atom is 0.305 e. The van der Waals surface area contributed by atoms with Gasteiger partial charge in [-0.15, -0.1) is 0 Å². The molecule has 2 saturated heterocycles. The summed E-state index contributed by atoms with van der Waals surface area (Å²) in [5.74, 6) is -0.135. The molecule has 0 aromatic carbocycles. The van der Waals surface area contributed by atoms with Gasteiger partial charge in [0.1, 0.15) is 12.3 Å². The number of hydrogen-bond acceptors (Lipinski definition) is 6.